The number of aromatic nitrogens is 3. The van der Waals surface area contributed by atoms with Crippen molar-refractivity contribution in [3.05, 3.63) is 42.4 Å². The summed E-state index contributed by atoms with van der Waals surface area (Å²) in [7, 11) is 0. The third-order valence-corrected chi connectivity index (χ3v) is 1.87. The van der Waals surface area contributed by atoms with Gasteiger partial charge >= 0.3 is 0 Å². The molecule has 0 saturated carbocycles. The van der Waals surface area contributed by atoms with Crippen molar-refractivity contribution in [1.29, 1.82) is 5.41 Å². The van der Waals surface area contributed by atoms with E-state index in [4.69, 9.17) is 11.3 Å². The second-order valence-electron chi connectivity index (χ2n) is 2.80. The average molecular weight is 203 g/mol. The van der Waals surface area contributed by atoms with E-state index in [1.54, 1.807) is 35.3 Å². The lowest BCUT2D eigenvalue weighted by atomic mass is 10.3. The lowest BCUT2D eigenvalue weighted by Crippen LogP contribution is -2.10. The Labute approximate surface area is 85.8 Å². The quantitative estimate of drug-likeness (QED) is 0.422. The Morgan fingerprint density at radius 1 is 1.47 bits per heavy atom. The smallest absolute Gasteiger partial charge is 0.238 e. The van der Waals surface area contributed by atoms with Gasteiger partial charge in [0.15, 0.2) is 5.82 Å². The Kier molecular flexibility index (Phi) is 2.42. The SMILES string of the molecule is N=C(ON)c1ccc(-n2cccn2)nc1. The van der Waals surface area contributed by atoms with Gasteiger partial charge < -0.3 is 4.84 Å². The molecule has 0 bridgehead atoms. The van der Waals surface area contributed by atoms with E-state index in [-0.39, 0.29) is 5.90 Å². The van der Waals surface area contributed by atoms with Crippen molar-refractivity contribution in [2.75, 3.05) is 0 Å². The van der Waals surface area contributed by atoms with Gasteiger partial charge in [-0.3, -0.25) is 5.41 Å². The molecule has 0 unspecified atom stereocenters. The fourth-order valence-electron chi connectivity index (χ4n) is 1.13. The largest absolute Gasteiger partial charge is 0.391 e. The molecule has 0 aliphatic rings. The van der Waals surface area contributed by atoms with Crippen LogP contribution < -0.4 is 5.90 Å². The summed E-state index contributed by atoms with van der Waals surface area (Å²) in [6.07, 6.45) is 4.96. The van der Waals surface area contributed by atoms with Gasteiger partial charge in [0.25, 0.3) is 0 Å². The Morgan fingerprint density at radius 2 is 2.33 bits per heavy atom. The maximum absolute atomic E-state index is 7.31. The Bertz CT molecular complexity index is 448. The molecule has 0 aliphatic carbocycles. The highest BCUT2D eigenvalue weighted by Crippen LogP contribution is 2.04. The van der Waals surface area contributed by atoms with Crippen molar-refractivity contribution < 1.29 is 4.84 Å². The van der Waals surface area contributed by atoms with Crippen molar-refractivity contribution >= 4 is 5.90 Å². The summed E-state index contributed by atoms with van der Waals surface area (Å²) in [4.78, 5) is 8.40. The van der Waals surface area contributed by atoms with E-state index in [1.807, 2.05) is 0 Å². The van der Waals surface area contributed by atoms with Crippen molar-refractivity contribution in [2.24, 2.45) is 5.90 Å². The molecule has 0 aromatic carbocycles. The minimum atomic E-state index is -0.116. The predicted molar refractivity (Wildman–Crippen MR) is 53.5 cm³/mol. The molecular weight excluding hydrogens is 194 g/mol. The van der Waals surface area contributed by atoms with Crippen LogP contribution in [-0.2, 0) is 4.84 Å². The molecule has 3 N–H and O–H groups in total. The first-order chi connectivity index (χ1) is 7.31. The van der Waals surface area contributed by atoms with E-state index >= 15 is 0 Å². The zero-order chi connectivity index (χ0) is 10.7. The zero-order valence-corrected chi connectivity index (χ0v) is 7.79. The van der Waals surface area contributed by atoms with Crippen molar-refractivity contribution in [3.63, 3.8) is 0 Å². The highest BCUT2D eigenvalue weighted by molar-refractivity contribution is 5.90. The average Bonchev–Trinajstić information content (AvgIpc) is 2.82. The molecule has 0 amide bonds. The first-order valence-corrected chi connectivity index (χ1v) is 4.23. The summed E-state index contributed by atoms with van der Waals surface area (Å²) in [5, 5.41) is 11.3. The molecule has 0 fully saturated rings. The molecule has 2 aromatic rings. The minimum Gasteiger partial charge on any atom is -0.391 e. The molecule has 0 spiro atoms. The molecule has 0 radical (unpaired) electrons. The van der Waals surface area contributed by atoms with E-state index in [2.05, 4.69) is 14.9 Å². The molecule has 0 aliphatic heterocycles. The third kappa shape index (κ3) is 1.84. The molecule has 76 valence electrons. The first-order valence-electron chi connectivity index (χ1n) is 4.23. The number of rotatable bonds is 2. The van der Waals surface area contributed by atoms with Crippen molar-refractivity contribution in [1.82, 2.24) is 14.8 Å². The molecule has 6 nitrogen and oxygen atoms in total. The molecule has 0 atom stereocenters. The summed E-state index contributed by atoms with van der Waals surface area (Å²) in [6, 6.07) is 5.23. The van der Waals surface area contributed by atoms with Crippen LogP contribution in [0.3, 0.4) is 0 Å². The molecule has 15 heavy (non-hydrogen) atoms. The molecule has 2 aromatic heterocycles. The monoisotopic (exact) mass is 203 g/mol. The molecule has 6 heteroatoms. The van der Waals surface area contributed by atoms with Crippen LogP contribution >= 0.6 is 0 Å². The van der Waals surface area contributed by atoms with Gasteiger partial charge in [-0.25, -0.2) is 9.67 Å². The fraction of sp³-hybridized carbons (Fsp3) is 0. The lowest BCUT2D eigenvalue weighted by molar-refractivity contribution is 0.319. The number of nitrogens with one attached hydrogen (secondary N) is 1. The normalized spacial score (nSPS) is 9.93. The van der Waals surface area contributed by atoms with Crippen LogP contribution in [-0.4, -0.2) is 20.7 Å². The Balaban J connectivity index is 2.29. The van der Waals surface area contributed by atoms with Crippen LogP contribution in [0.5, 0.6) is 0 Å². The molecule has 0 saturated heterocycles. The molecule has 2 heterocycles. The van der Waals surface area contributed by atoms with Crippen molar-refractivity contribution in [2.45, 2.75) is 0 Å². The van der Waals surface area contributed by atoms with Gasteiger partial charge in [0, 0.05) is 18.6 Å². The second-order valence-corrected chi connectivity index (χ2v) is 2.80. The van der Waals surface area contributed by atoms with Gasteiger partial charge in [0.05, 0.1) is 5.56 Å². The maximum Gasteiger partial charge on any atom is 0.238 e. The van der Waals surface area contributed by atoms with Crippen LogP contribution in [0, 0.1) is 5.41 Å². The summed E-state index contributed by atoms with van der Waals surface area (Å²) in [5.74, 6) is 5.43. The summed E-state index contributed by atoms with van der Waals surface area (Å²) in [6.45, 7) is 0. The van der Waals surface area contributed by atoms with Crippen molar-refractivity contribution in [3.8, 4) is 5.82 Å². The van der Waals surface area contributed by atoms with Gasteiger partial charge in [-0.1, -0.05) is 0 Å². The van der Waals surface area contributed by atoms with Crippen LogP contribution in [0.25, 0.3) is 5.82 Å². The van der Waals surface area contributed by atoms with Gasteiger partial charge in [-0.2, -0.15) is 11.0 Å². The lowest BCUT2D eigenvalue weighted by Gasteiger charge is -2.02. The fourth-order valence-corrected chi connectivity index (χ4v) is 1.13. The minimum absolute atomic E-state index is 0.116. The standard InChI is InChI=1S/C9H9N5O/c10-9(15-11)7-2-3-8(12-6-7)14-5-1-4-13-14/h1-6,10H,11H2. The summed E-state index contributed by atoms with van der Waals surface area (Å²) >= 11 is 0. The molecule has 2 rings (SSSR count). The highest BCUT2D eigenvalue weighted by Gasteiger charge is 2.03. The number of nitrogens with zero attached hydrogens (tertiary/aromatic N) is 3. The van der Waals surface area contributed by atoms with Crippen LogP contribution in [0.2, 0.25) is 0 Å². The topological polar surface area (TPSA) is 89.8 Å². The van der Waals surface area contributed by atoms with E-state index < -0.39 is 0 Å². The summed E-state index contributed by atoms with van der Waals surface area (Å²) < 4.78 is 1.62. The van der Waals surface area contributed by atoms with Gasteiger partial charge in [0.1, 0.15) is 0 Å². The predicted octanol–water partition coefficient (Wildman–Crippen LogP) is 0.483. The van der Waals surface area contributed by atoms with Gasteiger partial charge in [-0.05, 0) is 18.2 Å². The Morgan fingerprint density at radius 3 is 2.87 bits per heavy atom. The zero-order valence-electron chi connectivity index (χ0n) is 7.79. The first kappa shape index (κ1) is 9.35. The Hall–Kier alpha value is -2.21. The molecular formula is C9H9N5O. The maximum atomic E-state index is 7.31. The number of nitrogens with two attached hydrogens (primary N) is 1. The van der Waals surface area contributed by atoms with Gasteiger partial charge in [-0.15, -0.1) is 0 Å². The second kappa shape index (κ2) is 3.89. The number of hydrogen-bond donors (Lipinski definition) is 2. The highest BCUT2D eigenvalue weighted by atomic mass is 16.6. The number of pyridine rings is 1. The summed E-state index contributed by atoms with van der Waals surface area (Å²) in [5.41, 5.74) is 0.522. The van der Waals surface area contributed by atoms with Gasteiger partial charge in [0.2, 0.25) is 5.90 Å². The van der Waals surface area contributed by atoms with Crippen LogP contribution in [0.1, 0.15) is 5.56 Å². The number of hydrogen-bond acceptors (Lipinski definition) is 5. The van der Waals surface area contributed by atoms with E-state index in [0.29, 0.717) is 11.4 Å². The van der Waals surface area contributed by atoms with Crippen LogP contribution in [0.4, 0.5) is 0 Å². The van der Waals surface area contributed by atoms with E-state index in [1.165, 1.54) is 6.20 Å². The third-order valence-electron chi connectivity index (χ3n) is 1.87. The van der Waals surface area contributed by atoms with E-state index in [0.717, 1.165) is 0 Å². The van der Waals surface area contributed by atoms with E-state index in [9.17, 15) is 0 Å². The van der Waals surface area contributed by atoms with Crippen LogP contribution in [0.15, 0.2) is 36.8 Å².